The smallest absolute Gasteiger partial charge is 0.379 e. The van der Waals surface area contributed by atoms with Gasteiger partial charge in [-0.3, -0.25) is 5.84 Å². The van der Waals surface area contributed by atoms with Crippen LogP contribution in [-0.2, 0) is 6.54 Å². The number of alkyl halides is 4. The summed E-state index contributed by atoms with van der Waals surface area (Å²) in [5.41, 5.74) is 2.85. The minimum atomic E-state index is -4.48. The molecular formula is C17H23F4N5O. The van der Waals surface area contributed by atoms with E-state index in [9.17, 15) is 22.7 Å². The van der Waals surface area contributed by atoms with E-state index < -0.39 is 31.2 Å². The van der Waals surface area contributed by atoms with Crippen LogP contribution in [0.5, 0.6) is 0 Å². The molecule has 0 amide bonds. The van der Waals surface area contributed by atoms with Gasteiger partial charge in [-0.05, 0) is 31.7 Å². The van der Waals surface area contributed by atoms with Gasteiger partial charge in [-0.25, -0.2) is 9.82 Å². The fourth-order valence-electron chi connectivity index (χ4n) is 3.52. The molecule has 1 unspecified atom stereocenters. The van der Waals surface area contributed by atoms with Gasteiger partial charge in [-0.1, -0.05) is 6.07 Å². The summed E-state index contributed by atoms with van der Waals surface area (Å²) in [5, 5.41) is 13.6. The van der Waals surface area contributed by atoms with Gasteiger partial charge >= 0.3 is 6.18 Å². The highest BCUT2D eigenvalue weighted by molar-refractivity contribution is 5.93. The first-order valence-electron chi connectivity index (χ1n) is 8.62. The predicted octanol–water partition coefficient (Wildman–Crippen LogP) is 2.11. The molecule has 1 fully saturated rings. The number of fused-ring (bicyclic) bond motifs is 1. The first-order chi connectivity index (χ1) is 12.7. The molecule has 3 rings (SSSR count). The van der Waals surface area contributed by atoms with Crippen molar-refractivity contribution >= 4 is 16.6 Å². The van der Waals surface area contributed by atoms with E-state index in [0.717, 1.165) is 11.1 Å². The number of likely N-dealkylation sites (tertiary alicyclic amines) is 1. The standard InChI is InChI=1S/C17H23F4N5O/c1-25-6-5-13(11(18)8-25)23-12-3-2-4-14-10(12)7-15(16(27)24-22)26(14)9-17(19,20)21/h2-4,7,11,13,16,23-24,27H,5-6,8-9,22H2,1H3/t11-,13-,16?/m1/s1. The quantitative estimate of drug-likeness (QED) is 0.273. The molecule has 150 valence electrons. The van der Waals surface area contributed by atoms with E-state index in [0.29, 0.717) is 24.0 Å². The number of nitrogens with two attached hydrogens (primary N) is 1. The number of halogens is 4. The van der Waals surface area contributed by atoms with Crippen LogP contribution in [0.4, 0.5) is 23.2 Å². The number of hydrogen-bond acceptors (Lipinski definition) is 5. The third kappa shape index (κ3) is 4.34. The number of rotatable bonds is 5. The van der Waals surface area contributed by atoms with Crippen LogP contribution >= 0.6 is 0 Å². The number of anilines is 1. The van der Waals surface area contributed by atoms with Gasteiger partial charge in [0.1, 0.15) is 12.7 Å². The van der Waals surface area contributed by atoms with Crippen molar-refractivity contribution in [2.24, 2.45) is 5.84 Å². The fraction of sp³-hybridized carbons (Fsp3) is 0.529. The molecule has 2 aromatic rings. The zero-order valence-corrected chi connectivity index (χ0v) is 14.8. The van der Waals surface area contributed by atoms with Gasteiger partial charge in [0.15, 0.2) is 6.23 Å². The monoisotopic (exact) mass is 389 g/mol. The summed E-state index contributed by atoms with van der Waals surface area (Å²) in [7, 11) is 1.84. The van der Waals surface area contributed by atoms with E-state index in [4.69, 9.17) is 5.84 Å². The number of aromatic nitrogens is 1. The zero-order valence-electron chi connectivity index (χ0n) is 14.8. The van der Waals surface area contributed by atoms with Crippen LogP contribution in [0, 0.1) is 0 Å². The third-order valence-corrected chi connectivity index (χ3v) is 4.84. The maximum atomic E-state index is 14.3. The molecule has 0 radical (unpaired) electrons. The topological polar surface area (TPSA) is 78.5 Å². The largest absolute Gasteiger partial charge is 0.406 e. The maximum Gasteiger partial charge on any atom is 0.406 e. The van der Waals surface area contributed by atoms with Crippen LogP contribution in [0.2, 0.25) is 0 Å². The Morgan fingerprint density at radius 2 is 2.11 bits per heavy atom. The molecule has 1 aliphatic rings. The number of hydrogen-bond donors (Lipinski definition) is 4. The zero-order chi connectivity index (χ0) is 19.8. The second-order valence-corrected chi connectivity index (χ2v) is 6.90. The van der Waals surface area contributed by atoms with E-state index in [1.165, 1.54) is 12.1 Å². The first-order valence-corrected chi connectivity index (χ1v) is 8.62. The number of nitrogens with one attached hydrogen (secondary N) is 2. The van der Waals surface area contributed by atoms with Crippen molar-refractivity contribution < 1.29 is 22.7 Å². The van der Waals surface area contributed by atoms with Crippen molar-refractivity contribution in [1.82, 2.24) is 14.9 Å². The van der Waals surface area contributed by atoms with Gasteiger partial charge in [0.2, 0.25) is 0 Å². The number of piperidine rings is 1. The van der Waals surface area contributed by atoms with Gasteiger partial charge in [-0.2, -0.15) is 13.2 Å². The lowest BCUT2D eigenvalue weighted by Gasteiger charge is -2.33. The van der Waals surface area contributed by atoms with Crippen molar-refractivity contribution in [1.29, 1.82) is 0 Å². The van der Waals surface area contributed by atoms with Gasteiger partial charge in [0.25, 0.3) is 0 Å². The van der Waals surface area contributed by atoms with Crippen LogP contribution in [0.15, 0.2) is 24.3 Å². The maximum absolute atomic E-state index is 14.3. The number of aliphatic hydroxyl groups excluding tert-OH is 1. The molecule has 10 heteroatoms. The molecule has 1 saturated heterocycles. The highest BCUT2D eigenvalue weighted by Crippen LogP contribution is 2.33. The Balaban J connectivity index is 2.00. The van der Waals surface area contributed by atoms with Gasteiger partial charge in [0, 0.05) is 24.2 Å². The number of nitrogens with zero attached hydrogens (tertiary/aromatic N) is 2. The molecule has 6 nitrogen and oxygen atoms in total. The molecule has 0 saturated carbocycles. The summed E-state index contributed by atoms with van der Waals surface area (Å²) in [5.74, 6) is 5.21. The van der Waals surface area contributed by atoms with Crippen LogP contribution in [0.1, 0.15) is 18.3 Å². The van der Waals surface area contributed by atoms with Crippen LogP contribution < -0.4 is 16.6 Å². The SMILES string of the molecule is CN1CC[C@@H](Nc2cccc3c2cc(C(O)NN)n3CC(F)(F)F)[C@H](F)C1. The van der Waals surface area contributed by atoms with Crippen LogP contribution in [0.3, 0.4) is 0 Å². The van der Waals surface area contributed by atoms with E-state index in [1.807, 2.05) is 11.9 Å². The average molecular weight is 389 g/mol. The Bertz CT molecular complexity index is 793. The van der Waals surface area contributed by atoms with Gasteiger partial charge in [-0.15, -0.1) is 0 Å². The predicted molar refractivity (Wildman–Crippen MR) is 94.7 cm³/mol. The summed E-state index contributed by atoms with van der Waals surface area (Å²) in [6.45, 7) is -0.248. The lowest BCUT2D eigenvalue weighted by atomic mass is 10.0. The Hall–Kier alpha value is -1.88. The second-order valence-electron chi connectivity index (χ2n) is 6.90. The van der Waals surface area contributed by atoms with Crippen LogP contribution in [0.25, 0.3) is 10.9 Å². The molecule has 0 aliphatic carbocycles. The van der Waals surface area contributed by atoms with Crippen molar-refractivity contribution in [2.75, 3.05) is 25.5 Å². The molecule has 3 atom stereocenters. The molecular weight excluding hydrogens is 366 g/mol. The number of hydrazine groups is 1. The average Bonchev–Trinajstić information content (AvgIpc) is 2.94. The molecule has 1 aromatic heterocycles. The van der Waals surface area contributed by atoms with Crippen molar-refractivity contribution in [3.05, 3.63) is 30.0 Å². The molecule has 1 aromatic carbocycles. The van der Waals surface area contributed by atoms with Crippen molar-refractivity contribution in [3.8, 4) is 0 Å². The first kappa shape index (κ1) is 19.9. The fourth-order valence-corrected chi connectivity index (χ4v) is 3.52. The number of aliphatic hydroxyl groups is 1. The van der Waals surface area contributed by atoms with E-state index >= 15 is 0 Å². The normalized spacial score (nSPS) is 22.9. The summed E-state index contributed by atoms with van der Waals surface area (Å²) in [6.07, 6.45) is -6.45. The summed E-state index contributed by atoms with van der Waals surface area (Å²) in [6, 6.07) is 5.83. The van der Waals surface area contributed by atoms with E-state index in [2.05, 4.69) is 10.7 Å². The van der Waals surface area contributed by atoms with Crippen molar-refractivity contribution in [3.63, 3.8) is 0 Å². The minimum Gasteiger partial charge on any atom is -0.379 e. The highest BCUT2D eigenvalue weighted by Gasteiger charge is 2.32. The molecule has 27 heavy (non-hydrogen) atoms. The van der Waals surface area contributed by atoms with Gasteiger partial charge < -0.3 is 19.9 Å². The third-order valence-electron chi connectivity index (χ3n) is 4.84. The van der Waals surface area contributed by atoms with E-state index in [-0.39, 0.29) is 11.2 Å². The van der Waals surface area contributed by atoms with Crippen molar-refractivity contribution in [2.45, 2.75) is 37.6 Å². The molecule has 2 heterocycles. The Morgan fingerprint density at radius 3 is 2.74 bits per heavy atom. The van der Waals surface area contributed by atoms with E-state index in [1.54, 1.807) is 12.1 Å². The molecule has 0 spiro atoms. The lowest BCUT2D eigenvalue weighted by Crippen LogP contribution is -2.46. The Morgan fingerprint density at radius 1 is 1.37 bits per heavy atom. The second kappa shape index (κ2) is 7.63. The lowest BCUT2D eigenvalue weighted by molar-refractivity contribution is -0.140. The van der Waals surface area contributed by atoms with Gasteiger partial charge in [0.05, 0.1) is 17.3 Å². The van der Waals surface area contributed by atoms with Crippen LogP contribution in [-0.4, -0.2) is 53.1 Å². The number of benzene rings is 1. The highest BCUT2D eigenvalue weighted by atomic mass is 19.4. The summed E-state index contributed by atoms with van der Waals surface area (Å²) < 4.78 is 54.4. The Kier molecular flexibility index (Phi) is 5.61. The summed E-state index contributed by atoms with van der Waals surface area (Å²) >= 11 is 0. The minimum absolute atomic E-state index is 0.0146. The molecule has 0 bridgehead atoms. The summed E-state index contributed by atoms with van der Waals surface area (Å²) in [4.78, 5) is 1.89. The molecule has 5 N–H and O–H groups in total. The molecule has 1 aliphatic heterocycles. The Labute approximate surface area is 153 Å².